The van der Waals surface area contributed by atoms with Gasteiger partial charge in [-0.3, -0.25) is 9.63 Å². The molecule has 0 fully saturated rings. The zero-order valence-electron chi connectivity index (χ0n) is 15.0. The first-order valence-corrected chi connectivity index (χ1v) is 9.21. The zero-order valence-corrected chi connectivity index (χ0v) is 15.9. The van der Waals surface area contributed by atoms with E-state index in [2.05, 4.69) is 4.84 Å². The van der Waals surface area contributed by atoms with Gasteiger partial charge in [-0.2, -0.15) is 0 Å². The third-order valence-corrected chi connectivity index (χ3v) is 5.42. The third-order valence-electron chi connectivity index (χ3n) is 3.73. The Hall–Kier alpha value is -2.75. The number of carbonyl (C=O) groups excluding carboxylic acids is 2. The molecule has 0 N–H and O–H groups in total. The van der Waals surface area contributed by atoms with E-state index in [0.717, 1.165) is 0 Å². The summed E-state index contributed by atoms with van der Waals surface area (Å²) in [7, 11) is 0.104. The van der Waals surface area contributed by atoms with Gasteiger partial charge in [-0.1, -0.05) is 16.6 Å². The van der Waals surface area contributed by atoms with Crippen molar-refractivity contribution in [2.75, 3.05) is 27.9 Å². The highest BCUT2D eigenvalue weighted by Crippen LogP contribution is 2.19. The van der Waals surface area contributed by atoms with Crippen LogP contribution in [0.25, 0.3) is 0 Å². The lowest BCUT2D eigenvalue weighted by atomic mass is 10.1. The van der Waals surface area contributed by atoms with E-state index < -0.39 is 28.4 Å². The Morgan fingerprint density at radius 2 is 1.63 bits per heavy atom. The largest absolute Gasteiger partial charge is 0.496 e. The van der Waals surface area contributed by atoms with E-state index in [1.807, 2.05) is 0 Å². The summed E-state index contributed by atoms with van der Waals surface area (Å²) in [6, 6.07) is 11.7. The predicted octanol–water partition coefficient (Wildman–Crippen LogP) is 1.92. The van der Waals surface area contributed by atoms with Gasteiger partial charge < -0.3 is 9.47 Å². The van der Waals surface area contributed by atoms with Crippen LogP contribution < -0.4 is 4.74 Å². The Morgan fingerprint density at radius 1 is 1.00 bits per heavy atom. The SMILES string of the molecule is COc1ccccc1C(=O)COC(=O)c1ccc(S(=O)(=O)N(C)OC)cc1. The highest BCUT2D eigenvalue weighted by Gasteiger charge is 2.21. The summed E-state index contributed by atoms with van der Waals surface area (Å²) in [5, 5.41) is 0. The Balaban J connectivity index is 2.05. The van der Waals surface area contributed by atoms with E-state index in [1.165, 1.54) is 45.5 Å². The van der Waals surface area contributed by atoms with Crippen molar-refractivity contribution in [2.24, 2.45) is 0 Å². The normalized spacial score (nSPS) is 11.3. The van der Waals surface area contributed by atoms with Crippen molar-refractivity contribution in [2.45, 2.75) is 4.90 Å². The number of sulfonamides is 1. The smallest absolute Gasteiger partial charge is 0.338 e. The molecule has 0 spiro atoms. The number of ketones is 1. The zero-order chi connectivity index (χ0) is 20.0. The number of nitrogens with zero attached hydrogens (tertiary/aromatic N) is 1. The minimum absolute atomic E-state index is 0.0477. The molecule has 0 atom stereocenters. The Kier molecular flexibility index (Phi) is 6.67. The van der Waals surface area contributed by atoms with Crippen molar-refractivity contribution in [1.29, 1.82) is 0 Å². The van der Waals surface area contributed by atoms with Gasteiger partial charge >= 0.3 is 5.97 Å². The number of carbonyl (C=O) groups is 2. The molecular weight excluding hydrogens is 374 g/mol. The van der Waals surface area contributed by atoms with Crippen LogP contribution in [0.3, 0.4) is 0 Å². The Morgan fingerprint density at radius 3 is 2.22 bits per heavy atom. The van der Waals surface area contributed by atoms with E-state index >= 15 is 0 Å². The van der Waals surface area contributed by atoms with Crippen LogP contribution in [0.5, 0.6) is 5.75 Å². The van der Waals surface area contributed by atoms with Crippen molar-refractivity contribution in [3.63, 3.8) is 0 Å². The standard InChI is InChI=1S/C18H19NO7S/c1-19(25-3)27(22,23)14-10-8-13(9-11-14)18(21)26-12-16(20)15-6-4-5-7-17(15)24-2/h4-11H,12H2,1-3H3. The van der Waals surface area contributed by atoms with Crippen molar-refractivity contribution in [1.82, 2.24) is 4.47 Å². The van der Waals surface area contributed by atoms with Gasteiger partial charge in [0, 0.05) is 7.05 Å². The van der Waals surface area contributed by atoms with Crippen molar-refractivity contribution >= 4 is 21.8 Å². The number of para-hydroxylation sites is 1. The summed E-state index contributed by atoms with van der Waals surface area (Å²) in [6.45, 7) is -0.467. The van der Waals surface area contributed by atoms with Crippen LogP contribution in [0.2, 0.25) is 0 Å². The second kappa shape index (κ2) is 8.76. The van der Waals surface area contributed by atoms with E-state index in [1.54, 1.807) is 24.3 Å². The molecule has 2 rings (SSSR count). The molecule has 0 aliphatic carbocycles. The maximum absolute atomic E-state index is 12.2. The highest BCUT2D eigenvalue weighted by molar-refractivity contribution is 7.89. The number of hydrogen-bond donors (Lipinski definition) is 0. The maximum atomic E-state index is 12.2. The molecule has 2 aromatic rings. The van der Waals surface area contributed by atoms with Crippen LogP contribution >= 0.6 is 0 Å². The molecule has 0 saturated heterocycles. The van der Waals surface area contributed by atoms with Crippen molar-refractivity contribution in [3.8, 4) is 5.75 Å². The second-order valence-corrected chi connectivity index (χ2v) is 7.26. The Labute approximate surface area is 157 Å². The monoisotopic (exact) mass is 393 g/mol. The number of methoxy groups -OCH3 is 1. The lowest BCUT2D eigenvalue weighted by Gasteiger charge is -2.14. The molecule has 0 aliphatic rings. The lowest BCUT2D eigenvalue weighted by molar-refractivity contribution is -0.0258. The molecule has 0 heterocycles. The number of hydroxylamine groups is 1. The summed E-state index contributed by atoms with van der Waals surface area (Å²) in [6.07, 6.45) is 0. The summed E-state index contributed by atoms with van der Waals surface area (Å²) < 4.78 is 35.0. The van der Waals surface area contributed by atoms with Gasteiger partial charge in [0.15, 0.2) is 6.61 Å². The van der Waals surface area contributed by atoms with Crippen LogP contribution in [-0.4, -0.2) is 52.5 Å². The van der Waals surface area contributed by atoms with Gasteiger partial charge in [0.05, 0.1) is 30.2 Å². The van der Waals surface area contributed by atoms with E-state index in [0.29, 0.717) is 15.8 Å². The minimum atomic E-state index is -3.81. The van der Waals surface area contributed by atoms with Crippen molar-refractivity contribution in [3.05, 3.63) is 59.7 Å². The highest BCUT2D eigenvalue weighted by atomic mass is 32.2. The minimum Gasteiger partial charge on any atom is -0.496 e. The van der Waals surface area contributed by atoms with Crippen LogP contribution in [-0.2, 0) is 19.6 Å². The fourth-order valence-corrected chi connectivity index (χ4v) is 3.15. The van der Waals surface area contributed by atoms with Gasteiger partial charge in [0.1, 0.15) is 5.75 Å². The number of ether oxygens (including phenoxy) is 2. The number of Topliss-reactive ketones (excluding diaryl/α,β-unsaturated/α-hetero) is 1. The molecule has 0 saturated carbocycles. The van der Waals surface area contributed by atoms with Crippen LogP contribution in [0.15, 0.2) is 53.4 Å². The molecule has 27 heavy (non-hydrogen) atoms. The molecule has 0 amide bonds. The first-order chi connectivity index (χ1) is 12.8. The van der Waals surface area contributed by atoms with Crippen LogP contribution in [0, 0.1) is 0 Å². The summed E-state index contributed by atoms with van der Waals surface area (Å²) >= 11 is 0. The first-order valence-electron chi connectivity index (χ1n) is 7.77. The van der Waals surface area contributed by atoms with E-state index in [9.17, 15) is 18.0 Å². The van der Waals surface area contributed by atoms with Gasteiger partial charge in [0.2, 0.25) is 5.78 Å². The summed E-state index contributed by atoms with van der Waals surface area (Å²) in [5.74, 6) is -0.778. The fraction of sp³-hybridized carbons (Fsp3) is 0.222. The molecule has 2 aromatic carbocycles. The average molecular weight is 393 g/mol. The number of esters is 1. The molecule has 9 heteroatoms. The number of benzene rings is 2. The molecule has 144 valence electrons. The first kappa shape index (κ1) is 20.6. The molecular formula is C18H19NO7S. The molecule has 0 radical (unpaired) electrons. The number of rotatable bonds is 8. The van der Waals surface area contributed by atoms with Gasteiger partial charge in [0.25, 0.3) is 10.0 Å². The summed E-state index contributed by atoms with van der Waals surface area (Å²) in [5.41, 5.74) is 0.415. The van der Waals surface area contributed by atoms with Crippen molar-refractivity contribution < 1.29 is 32.3 Å². The van der Waals surface area contributed by atoms with Gasteiger partial charge in [-0.25, -0.2) is 13.2 Å². The quantitative estimate of drug-likeness (QED) is 0.384. The topological polar surface area (TPSA) is 99.2 Å². The number of hydrogen-bond acceptors (Lipinski definition) is 7. The van der Waals surface area contributed by atoms with Gasteiger partial charge in [-0.15, -0.1) is 0 Å². The summed E-state index contributed by atoms with van der Waals surface area (Å²) in [4.78, 5) is 28.9. The molecule has 0 aromatic heterocycles. The maximum Gasteiger partial charge on any atom is 0.338 e. The molecule has 0 bridgehead atoms. The lowest BCUT2D eigenvalue weighted by Crippen LogP contribution is -2.25. The van der Waals surface area contributed by atoms with Gasteiger partial charge in [-0.05, 0) is 36.4 Å². The van der Waals surface area contributed by atoms with E-state index in [4.69, 9.17) is 9.47 Å². The predicted molar refractivity (Wildman–Crippen MR) is 96.0 cm³/mol. The third kappa shape index (κ3) is 4.70. The molecule has 0 unspecified atom stereocenters. The van der Waals surface area contributed by atoms with Crippen LogP contribution in [0.4, 0.5) is 0 Å². The van der Waals surface area contributed by atoms with E-state index in [-0.39, 0.29) is 10.5 Å². The fourth-order valence-electron chi connectivity index (χ4n) is 2.18. The molecule has 8 nitrogen and oxygen atoms in total. The second-order valence-electron chi connectivity index (χ2n) is 5.32. The van der Waals surface area contributed by atoms with Crippen LogP contribution in [0.1, 0.15) is 20.7 Å². The molecule has 0 aliphatic heterocycles. The Bertz CT molecular complexity index is 923. The average Bonchev–Trinajstić information content (AvgIpc) is 2.70.